The predicted molar refractivity (Wildman–Crippen MR) is 98.3 cm³/mol. The molecule has 0 aromatic heterocycles. The van der Waals surface area contributed by atoms with Crippen molar-refractivity contribution in [3.8, 4) is 11.5 Å². The number of phenols is 2. The number of carbonyl (C=O) groups is 1. The SMILES string of the molecule is C=C(C)C(=O)NCC(CCCCCCCC)c1ccc(O)c(O)c1. The maximum Gasteiger partial charge on any atom is 0.246 e. The first-order valence-electron chi connectivity index (χ1n) is 8.91. The van der Waals surface area contributed by atoms with Gasteiger partial charge in [0.15, 0.2) is 11.5 Å². The van der Waals surface area contributed by atoms with Gasteiger partial charge in [0.05, 0.1) is 0 Å². The Hall–Kier alpha value is -1.97. The Bertz CT molecular complexity index is 540. The standard InChI is InChI=1S/C20H31NO3/c1-4-5-6-7-8-9-10-17(14-21-20(24)15(2)3)16-11-12-18(22)19(23)13-16/h11-13,17,22-23H,2,4-10,14H2,1,3H3,(H,21,24). The van der Waals surface area contributed by atoms with Crippen molar-refractivity contribution >= 4 is 5.91 Å². The minimum absolute atomic E-state index is 0.117. The highest BCUT2D eigenvalue weighted by Crippen LogP contribution is 2.30. The lowest BCUT2D eigenvalue weighted by atomic mass is 9.92. The van der Waals surface area contributed by atoms with Gasteiger partial charge in [0.2, 0.25) is 5.91 Å². The summed E-state index contributed by atoms with van der Waals surface area (Å²) in [5.41, 5.74) is 1.42. The third-order valence-corrected chi connectivity index (χ3v) is 4.27. The quantitative estimate of drug-likeness (QED) is 0.314. The Morgan fingerprint density at radius 3 is 2.42 bits per heavy atom. The number of hydrogen-bond acceptors (Lipinski definition) is 3. The first kappa shape index (κ1) is 20.1. The van der Waals surface area contributed by atoms with E-state index >= 15 is 0 Å². The van der Waals surface area contributed by atoms with Crippen molar-refractivity contribution in [1.29, 1.82) is 0 Å². The second-order valence-electron chi connectivity index (χ2n) is 6.49. The van der Waals surface area contributed by atoms with Gasteiger partial charge in [-0.05, 0) is 31.0 Å². The Labute approximate surface area is 145 Å². The smallest absolute Gasteiger partial charge is 0.246 e. The van der Waals surface area contributed by atoms with E-state index in [0.29, 0.717) is 12.1 Å². The molecule has 24 heavy (non-hydrogen) atoms. The first-order chi connectivity index (χ1) is 11.5. The zero-order valence-electron chi connectivity index (χ0n) is 15.0. The van der Waals surface area contributed by atoms with Crippen molar-refractivity contribution in [3.05, 3.63) is 35.9 Å². The van der Waals surface area contributed by atoms with Gasteiger partial charge in [-0.2, -0.15) is 0 Å². The molecule has 0 saturated heterocycles. The van der Waals surface area contributed by atoms with Crippen LogP contribution in [0.2, 0.25) is 0 Å². The Kier molecular flexibility index (Phi) is 8.98. The van der Waals surface area contributed by atoms with Crippen LogP contribution < -0.4 is 5.32 Å². The minimum Gasteiger partial charge on any atom is -0.504 e. The molecule has 0 fully saturated rings. The Morgan fingerprint density at radius 2 is 1.79 bits per heavy atom. The van der Waals surface area contributed by atoms with Gasteiger partial charge >= 0.3 is 0 Å². The molecule has 1 rings (SSSR count). The van der Waals surface area contributed by atoms with Crippen molar-refractivity contribution < 1.29 is 15.0 Å². The number of phenolic OH excluding ortho intramolecular Hbond substituents is 2. The monoisotopic (exact) mass is 333 g/mol. The zero-order chi connectivity index (χ0) is 17.9. The number of unbranched alkanes of at least 4 members (excludes halogenated alkanes) is 5. The van der Waals surface area contributed by atoms with E-state index in [1.807, 2.05) is 6.07 Å². The van der Waals surface area contributed by atoms with E-state index in [1.54, 1.807) is 13.0 Å². The minimum atomic E-state index is -0.147. The lowest BCUT2D eigenvalue weighted by Gasteiger charge is -2.19. The van der Waals surface area contributed by atoms with Crippen LogP contribution in [0.1, 0.15) is 70.3 Å². The highest BCUT2D eigenvalue weighted by molar-refractivity contribution is 5.92. The maximum atomic E-state index is 11.7. The molecule has 1 amide bonds. The molecule has 0 radical (unpaired) electrons. The molecule has 4 nitrogen and oxygen atoms in total. The molecule has 0 heterocycles. The summed E-state index contributed by atoms with van der Waals surface area (Å²) < 4.78 is 0. The van der Waals surface area contributed by atoms with Gasteiger partial charge in [0.1, 0.15) is 0 Å². The van der Waals surface area contributed by atoms with Crippen LogP contribution >= 0.6 is 0 Å². The summed E-state index contributed by atoms with van der Waals surface area (Å²) in [6.07, 6.45) is 8.22. The van der Waals surface area contributed by atoms with Gasteiger partial charge < -0.3 is 15.5 Å². The normalized spacial score (nSPS) is 11.9. The maximum absolute atomic E-state index is 11.7. The zero-order valence-corrected chi connectivity index (χ0v) is 15.0. The van der Waals surface area contributed by atoms with E-state index in [-0.39, 0.29) is 23.3 Å². The van der Waals surface area contributed by atoms with Crippen LogP contribution in [-0.4, -0.2) is 22.7 Å². The van der Waals surface area contributed by atoms with E-state index in [1.165, 1.54) is 38.2 Å². The van der Waals surface area contributed by atoms with Crippen molar-refractivity contribution in [1.82, 2.24) is 5.32 Å². The van der Waals surface area contributed by atoms with Crippen molar-refractivity contribution in [2.45, 2.75) is 64.7 Å². The second kappa shape index (κ2) is 10.7. The summed E-state index contributed by atoms with van der Waals surface area (Å²) in [4.78, 5) is 11.7. The summed E-state index contributed by atoms with van der Waals surface area (Å²) in [5, 5.41) is 22.1. The van der Waals surface area contributed by atoms with Gasteiger partial charge in [-0.1, -0.05) is 58.1 Å². The van der Waals surface area contributed by atoms with E-state index < -0.39 is 0 Å². The molecule has 4 heteroatoms. The number of aromatic hydroxyl groups is 2. The molecule has 0 aliphatic heterocycles. The third kappa shape index (κ3) is 7.07. The fourth-order valence-electron chi connectivity index (χ4n) is 2.72. The van der Waals surface area contributed by atoms with Crippen LogP contribution in [0.25, 0.3) is 0 Å². The highest BCUT2D eigenvalue weighted by Gasteiger charge is 2.15. The topological polar surface area (TPSA) is 69.6 Å². The molecule has 0 spiro atoms. The number of carbonyl (C=O) groups excluding carboxylic acids is 1. The van der Waals surface area contributed by atoms with Crippen LogP contribution in [0.3, 0.4) is 0 Å². The molecular weight excluding hydrogens is 302 g/mol. The number of benzene rings is 1. The van der Waals surface area contributed by atoms with Crippen LogP contribution in [0.5, 0.6) is 11.5 Å². The number of nitrogens with one attached hydrogen (secondary N) is 1. The van der Waals surface area contributed by atoms with Crippen molar-refractivity contribution in [2.75, 3.05) is 6.54 Å². The Morgan fingerprint density at radius 1 is 1.12 bits per heavy atom. The molecule has 3 N–H and O–H groups in total. The molecule has 1 aromatic rings. The summed E-state index contributed by atoms with van der Waals surface area (Å²) in [5.74, 6) is -0.272. The second-order valence-corrected chi connectivity index (χ2v) is 6.49. The van der Waals surface area contributed by atoms with Crippen molar-refractivity contribution in [2.24, 2.45) is 0 Å². The molecule has 1 atom stereocenters. The van der Waals surface area contributed by atoms with E-state index in [2.05, 4.69) is 18.8 Å². The molecule has 0 saturated carbocycles. The van der Waals surface area contributed by atoms with E-state index in [4.69, 9.17) is 0 Å². The largest absolute Gasteiger partial charge is 0.504 e. The molecule has 0 bridgehead atoms. The van der Waals surface area contributed by atoms with Gasteiger partial charge in [0, 0.05) is 18.0 Å². The van der Waals surface area contributed by atoms with Crippen LogP contribution in [0, 0.1) is 0 Å². The number of rotatable bonds is 11. The molecule has 0 aliphatic carbocycles. The van der Waals surface area contributed by atoms with E-state index in [0.717, 1.165) is 18.4 Å². The summed E-state index contributed by atoms with van der Waals surface area (Å²) in [6.45, 7) is 8.05. The molecular formula is C20H31NO3. The number of hydrogen-bond donors (Lipinski definition) is 3. The average molecular weight is 333 g/mol. The highest BCUT2D eigenvalue weighted by atomic mass is 16.3. The van der Waals surface area contributed by atoms with Gasteiger partial charge in [-0.15, -0.1) is 0 Å². The van der Waals surface area contributed by atoms with Gasteiger partial charge in [-0.3, -0.25) is 4.79 Å². The predicted octanol–water partition coefficient (Wildman–Crippen LogP) is 4.62. The van der Waals surface area contributed by atoms with E-state index in [9.17, 15) is 15.0 Å². The fourth-order valence-corrected chi connectivity index (χ4v) is 2.72. The number of amides is 1. The molecule has 134 valence electrons. The van der Waals surface area contributed by atoms with Gasteiger partial charge in [0.25, 0.3) is 0 Å². The van der Waals surface area contributed by atoms with Crippen molar-refractivity contribution in [3.63, 3.8) is 0 Å². The van der Waals surface area contributed by atoms with Crippen LogP contribution in [-0.2, 0) is 4.79 Å². The first-order valence-corrected chi connectivity index (χ1v) is 8.91. The summed E-state index contributed by atoms with van der Waals surface area (Å²) in [6, 6.07) is 4.90. The average Bonchev–Trinajstić information content (AvgIpc) is 2.55. The lowest BCUT2D eigenvalue weighted by Crippen LogP contribution is -2.28. The Balaban J connectivity index is 2.63. The molecule has 1 unspecified atom stereocenters. The van der Waals surface area contributed by atoms with Crippen LogP contribution in [0.15, 0.2) is 30.4 Å². The molecule has 0 aliphatic rings. The molecule has 1 aromatic carbocycles. The fraction of sp³-hybridized carbons (Fsp3) is 0.550. The van der Waals surface area contributed by atoms with Crippen LogP contribution in [0.4, 0.5) is 0 Å². The summed E-state index contributed by atoms with van der Waals surface area (Å²) in [7, 11) is 0. The lowest BCUT2D eigenvalue weighted by molar-refractivity contribution is -0.117. The van der Waals surface area contributed by atoms with Gasteiger partial charge in [-0.25, -0.2) is 0 Å². The third-order valence-electron chi connectivity index (χ3n) is 4.27. The summed E-state index contributed by atoms with van der Waals surface area (Å²) >= 11 is 0.